The molecule has 0 aliphatic carbocycles. The number of hydrogen-bond donors (Lipinski definition) is 2. The van der Waals surface area contributed by atoms with Crippen molar-refractivity contribution in [2.45, 2.75) is 6.92 Å². The zero-order valence-corrected chi connectivity index (χ0v) is 16.3. The van der Waals surface area contributed by atoms with Gasteiger partial charge in [-0.15, -0.1) is 0 Å². The van der Waals surface area contributed by atoms with E-state index >= 15 is 0 Å². The maximum atomic E-state index is 11.7. The number of rotatable bonds is 8. The van der Waals surface area contributed by atoms with Gasteiger partial charge in [0.15, 0.2) is 0 Å². The number of hydrogen-bond acceptors (Lipinski definition) is 9. The molecule has 10 nitrogen and oxygen atoms in total. The van der Waals surface area contributed by atoms with Crippen molar-refractivity contribution in [1.82, 2.24) is 9.97 Å². The number of carbonyl (C=O) groups excluding carboxylic acids is 1. The van der Waals surface area contributed by atoms with Crippen LogP contribution in [-0.4, -0.2) is 34.6 Å². The van der Waals surface area contributed by atoms with E-state index in [0.717, 1.165) is 0 Å². The predicted octanol–water partition coefficient (Wildman–Crippen LogP) is 4.06. The van der Waals surface area contributed by atoms with Gasteiger partial charge in [-0.05, 0) is 55.5 Å². The molecular weight excluding hydrogens is 390 g/mol. The highest BCUT2D eigenvalue weighted by atomic mass is 16.6. The number of benzene rings is 2. The molecule has 0 bridgehead atoms. The Kier molecular flexibility index (Phi) is 6.38. The van der Waals surface area contributed by atoms with Crippen LogP contribution in [0.2, 0.25) is 0 Å². The highest BCUT2D eigenvalue weighted by Crippen LogP contribution is 2.33. The number of nitro groups is 1. The lowest BCUT2D eigenvalue weighted by molar-refractivity contribution is -0.383. The molecule has 0 saturated heterocycles. The molecule has 154 valence electrons. The zero-order valence-electron chi connectivity index (χ0n) is 16.3. The van der Waals surface area contributed by atoms with Gasteiger partial charge >= 0.3 is 11.7 Å². The van der Waals surface area contributed by atoms with Crippen LogP contribution in [0.3, 0.4) is 0 Å². The molecule has 0 unspecified atom stereocenters. The molecule has 0 radical (unpaired) electrons. The molecule has 30 heavy (non-hydrogen) atoms. The monoisotopic (exact) mass is 409 g/mol. The number of anilines is 4. The van der Waals surface area contributed by atoms with Gasteiger partial charge in [0.25, 0.3) is 0 Å². The smallest absolute Gasteiger partial charge is 0.353 e. The first-order valence-electron chi connectivity index (χ1n) is 8.96. The number of nitrogens with one attached hydrogen (secondary N) is 2. The Morgan fingerprint density at radius 1 is 1.00 bits per heavy atom. The van der Waals surface area contributed by atoms with Crippen molar-refractivity contribution in [3.8, 4) is 5.75 Å². The second-order valence-electron chi connectivity index (χ2n) is 5.95. The van der Waals surface area contributed by atoms with E-state index in [-0.39, 0.29) is 17.3 Å². The molecule has 0 fully saturated rings. The third-order valence-electron chi connectivity index (χ3n) is 4.00. The SMILES string of the molecule is CCOc1ccc(Nc2ncnc(Nc3ccc(C(=O)OC)cc3)c2[N+](=O)[O-])cc1. The van der Waals surface area contributed by atoms with E-state index in [4.69, 9.17) is 4.74 Å². The average Bonchev–Trinajstić information content (AvgIpc) is 2.75. The van der Waals surface area contributed by atoms with Crippen LogP contribution in [0.5, 0.6) is 5.75 Å². The maximum absolute atomic E-state index is 11.7. The summed E-state index contributed by atoms with van der Waals surface area (Å²) in [5.41, 5.74) is 1.16. The van der Waals surface area contributed by atoms with Crippen molar-refractivity contribution >= 4 is 34.7 Å². The van der Waals surface area contributed by atoms with Gasteiger partial charge in [0.1, 0.15) is 12.1 Å². The van der Waals surface area contributed by atoms with Crippen LogP contribution in [0.25, 0.3) is 0 Å². The predicted molar refractivity (Wildman–Crippen MR) is 111 cm³/mol. The van der Waals surface area contributed by atoms with Crippen molar-refractivity contribution in [2.75, 3.05) is 24.4 Å². The van der Waals surface area contributed by atoms with E-state index in [1.165, 1.54) is 13.4 Å². The van der Waals surface area contributed by atoms with Gasteiger partial charge in [0.05, 0.1) is 24.2 Å². The molecule has 1 heterocycles. The van der Waals surface area contributed by atoms with Crippen LogP contribution in [0.4, 0.5) is 28.7 Å². The largest absolute Gasteiger partial charge is 0.494 e. The van der Waals surface area contributed by atoms with Crippen LogP contribution in [-0.2, 0) is 4.74 Å². The van der Waals surface area contributed by atoms with Crippen LogP contribution in [0, 0.1) is 10.1 Å². The van der Waals surface area contributed by atoms with Crippen LogP contribution >= 0.6 is 0 Å². The highest BCUT2D eigenvalue weighted by molar-refractivity contribution is 5.90. The number of esters is 1. The van der Waals surface area contributed by atoms with Crippen LogP contribution < -0.4 is 15.4 Å². The van der Waals surface area contributed by atoms with Gasteiger partial charge in [-0.2, -0.15) is 0 Å². The fourth-order valence-corrected chi connectivity index (χ4v) is 2.62. The summed E-state index contributed by atoms with van der Waals surface area (Å²) >= 11 is 0. The molecule has 10 heteroatoms. The van der Waals surface area contributed by atoms with Gasteiger partial charge < -0.3 is 20.1 Å². The second kappa shape index (κ2) is 9.32. The van der Waals surface area contributed by atoms with E-state index in [1.807, 2.05) is 6.92 Å². The van der Waals surface area contributed by atoms with E-state index in [9.17, 15) is 14.9 Å². The van der Waals surface area contributed by atoms with E-state index in [0.29, 0.717) is 29.3 Å². The molecule has 3 rings (SSSR count). The Morgan fingerprint density at radius 2 is 1.53 bits per heavy atom. The topological polar surface area (TPSA) is 129 Å². The van der Waals surface area contributed by atoms with Gasteiger partial charge in [-0.1, -0.05) is 0 Å². The molecule has 0 aliphatic heterocycles. The summed E-state index contributed by atoms with van der Waals surface area (Å²) in [6.07, 6.45) is 1.22. The molecule has 2 N–H and O–H groups in total. The molecule has 1 aromatic heterocycles. The summed E-state index contributed by atoms with van der Waals surface area (Å²) in [6, 6.07) is 13.2. The molecule has 3 aromatic rings. The quantitative estimate of drug-likeness (QED) is 0.321. The van der Waals surface area contributed by atoms with E-state index in [1.54, 1.807) is 48.5 Å². The summed E-state index contributed by atoms with van der Waals surface area (Å²) in [5, 5.41) is 17.5. The third kappa shape index (κ3) is 4.79. The molecule has 0 atom stereocenters. The lowest BCUT2D eigenvalue weighted by Crippen LogP contribution is -2.06. The molecule has 0 amide bonds. The van der Waals surface area contributed by atoms with Crippen molar-refractivity contribution in [3.05, 3.63) is 70.5 Å². The van der Waals surface area contributed by atoms with Gasteiger partial charge in [-0.25, -0.2) is 14.8 Å². The fraction of sp³-hybridized carbons (Fsp3) is 0.150. The molecule has 0 spiro atoms. The highest BCUT2D eigenvalue weighted by Gasteiger charge is 2.23. The van der Waals surface area contributed by atoms with Crippen molar-refractivity contribution in [1.29, 1.82) is 0 Å². The lowest BCUT2D eigenvalue weighted by Gasteiger charge is -2.11. The minimum absolute atomic E-state index is 0.00857. The molecule has 2 aromatic carbocycles. The number of methoxy groups -OCH3 is 1. The first-order chi connectivity index (χ1) is 14.5. The Bertz CT molecular complexity index is 1040. The minimum Gasteiger partial charge on any atom is -0.494 e. The van der Waals surface area contributed by atoms with Gasteiger partial charge in [0, 0.05) is 11.4 Å². The van der Waals surface area contributed by atoms with E-state index in [2.05, 4.69) is 25.3 Å². The first kappa shape index (κ1) is 20.5. The molecular formula is C20H19N5O5. The Labute approximate surface area is 172 Å². The number of nitrogens with zero attached hydrogens (tertiary/aromatic N) is 3. The molecule has 0 aliphatic rings. The number of aromatic nitrogens is 2. The van der Waals surface area contributed by atoms with Crippen molar-refractivity contribution in [2.24, 2.45) is 0 Å². The van der Waals surface area contributed by atoms with Gasteiger partial charge in [-0.3, -0.25) is 10.1 Å². The second-order valence-corrected chi connectivity index (χ2v) is 5.95. The third-order valence-corrected chi connectivity index (χ3v) is 4.00. The molecule has 0 saturated carbocycles. The Morgan fingerprint density at radius 3 is 2.00 bits per heavy atom. The van der Waals surface area contributed by atoms with E-state index < -0.39 is 10.9 Å². The lowest BCUT2D eigenvalue weighted by atomic mass is 10.2. The van der Waals surface area contributed by atoms with Gasteiger partial charge in [0.2, 0.25) is 11.6 Å². The van der Waals surface area contributed by atoms with Crippen molar-refractivity contribution in [3.63, 3.8) is 0 Å². The summed E-state index contributed by atoms with van der Waals surface area (Å²) in [6.45, 7) is 2.42. The van der Waals surface area contributed by atoms with Crippen LogP contribution in [0.15, 0.2) is 54.9 Å². The Hall–Kier alpha value is -4.21. The fourth-order valence-electron chi connectivity index (χ4n) is 2.62. The zero-order chi connectivity index (χ0) is 21.5. The number of ether oxygens (including phenoxy) is 2. The summed E-state index contributed by atoms with van der Waals surface area (Å²) in [7, 11) is 1.29. The minimum atomic E-state index is -0.567. The summed E-state index contributed by atoms with van der Waals surface area (Å²) in [4.78, 5) is 30.7. The maximum Gasteiger partial charge on any atom is 0.353 e. The average molecular weight is 409 g/mol. The summed E-state index contributed by atoms with van der Waals surface area (Å²) < 4.78 is 10.0. The Balaban J connectivity index is 1.85. The van der Waals surface area contributed by atoms with Crippen molar-refractivity contribution < 1.29 is 19.2 Å². The number of carbonyl (C=O) groups is 1. The standard InChI is InChI=1S/C20H19N5O5/c1-3-30-16-10-8-15(9-11-16)24-19-17(25(27)28)18(21-12-22-19)23-14-6-4-13(5-7-14)20(26)29-2/h4-12H,3H2,1-2H3,(H2,21,22,23,24). The van der Waals surface area contributed by atoms with Crippen LogP contribution in [0.1, 0.15) is 17.3 Å². The summed E-state index contributed by atoms with van der Waals surface area (Å²) in [5.74, 6) is 0.261. The normalized spacial score (nSPS) is 10.2. The first-order valence-corrected chi connectivity index (χ1v) is 8.96.